The fourth-order valence-corrected chi connectivity index (χ4v) is 3.35. The molecule has 1 amide bonds. The number of ether oxygens (including phenoxy) is 2. The first kappa shape index (κ1) is 22.4. The molecule has 0 aliphatic rings. The highest BCUT2D eigenvalue weighted by molar-refractivity contribution is 6.17. The average Bonchev–Trinajstić information content (AvgIpc) is 2.85. The van der Waals surface area contributed by atoms with Crippen LogP contribution in [-0.2, 0) is 0 Å². The van der Waals surface area contributed by atoms with Crippen LogP contribution in [0, 0.1) is 0 Å². The second kappa shape index (κ2) is 10.7. The van der Waals surface area contributed by atoms with E-state index in [4.69, 9.17) is 21.1 Å². The van der Waals surface area contributed by atoms with Crippen molar-refractivity contribution in [2.45, 2.75) is 6.42 Å². The molecule has 2 N–H and O–H groups in total. The van der Waals surface area contributed by atoms with Gasteiger partial charge >= 0.3 is 0 Å². The van der Waals surface area contributed by atoms with E-state index in [0.717, 1.165) is 23.0 Å². The number of halogens is 1. The zero-order valence-corrected chi connectivity index (χ0v) is 18.8. The Balaban J connectivity index is 1.51. The van der Waals surface area contributed by atoms with Gasteiger partial charge in [0.05, 0.1) is 19.2 Å². The lowest BCUT2D eigenvalue weighted by Gasteiger charge is -2.14. The fraction of sp³-hybridized carbons (Fsp3) is 0.160. The van der Waals surface area contributed by atoms with Gasteiger partial charge in [0, 0.05) is 34.3 Å². The van der Waals surface area contributed by atoms with E-state index in [1.807, 2.05) is 54.6 Å². The molecule has 168 valence electrons. The van der Waals surface area contributed by atoms with Gasteiger partial charge in [-0.1, -0.05) is 18.2 Å². The molecular formula is C25H23ClN4O3. The predicted molar refractivity (Wildman–Crippen MR) is 131 cm³/mol. The summed E-state index contributed by atoms with van der Waals surface area (Å²) in [5.41, 5.74) is 2.84. The molecule has 4 rings (SSSR count). The molecule has 1 heterocycles. The van der Waals surface area contributed by atoms with E-state index in [1.165, 1.54) is 6.33 Å². The number of hydrogen-bond donors (Lipinski definition) is 2. The minimum atomic E-state index is -0.158. The Morgan fingerprint density at radius 3 is 2.45 bits per heavy atom. The first-order chi connectivity index (χ1) is 16.2. The zero-order valence-electron chi connectivity index (χ0n) is 18.0. The molecule has 0 spiro atoms. The fourth-order valence-electron chi connectivity index (χ4n) is 3.24. The lowest BCUT2D eigenvalue weighted by atomic mass is 10.2. The largest absolute Gasteiger partial charge is 0.493 e. The average molecular weight is 463 g/mol. The van der Waals surface area contributed by atoms with Crippen molar-refractivity contribution in [2.75, 3.05) is 30.2 Å². The van der Waals surface area contributed by atoms with Gasteiger partial charge in [-0.2, -0.15) is 0 Å². The monoisotopic (exact) mass is 462 g/mol. The minimum absolute atomic E-state index is 0.158. The van der Waals surface area contributed by atoms with Crippen LogP contribution in [0.5, 0.6) is 11.5 Å². The number of aromatic nitrogens is 2. The van der Waals surface area contributed by atoms with Crippen molar-refractivity contribution in [3.8, 4) is 11.5 Å². The van der Waals surface area contributed by atoms with Crippen LogP contribution in [0.2, 0.25) is 0 Å². The topological polar surface area (TPSA) is 85.4 Å². The third-order valence-electron chi connectivity index (χ3n) is 4.90. The van der Waals surface area contributed by atoms with Crippen molar-refractivity contribution in [3.63, 3.8) is 0 Å². The Labute approximate surface area is 196 Å². The van der Waals surface area contributed by atoms with Crippen LogP contribution in [0.3, 0.4) is 0 Å². The Bertz CT molecular complexity index is 1230. The molecule has 0 saturated heterocycles. The molecule has 0 bridgehead atoms. The van der Waals surface area contributed by atoms with Gasteiger partial charge in [0.15, 0.2) is 11.5 Å². The molecule has 0 aliphatic carbocycles. The van der Waals surface area contributed by atoms with Gasteiger partial charge in [0.2, 0.25) is 0 Å². The summed E-state index contributed by atoms with van der Waals surface area (Å²) < 4.78 is 11.3. The van der Waals surface area contributed by atoms with Crippen molar-refractivity contribution in [2.24, 2.45) is 0 Å². The van der Waals surface area contributed by atoms with Gasteiger partial charge in [-0.05, 0) is 48.9 Å². The summed E-state index contributed by atoms with van der Waals surface area (Å²) in [5.74, 6) is 2.20. The van der Waals surface area contributed by atoms with E-state index < -0.39 is 0 Å². The number of carbonyl (C=O) groups excluding carboxylic acids is 1. The van der Waals surface area contributed by atoms with Gasteiger partial charge in [0.25, 0.3) is 5.91 Å². The smallest absolute Gasteiger partial charge is 0.255 e. The SMILES string of the molecule is COc1cc2c(Nc3ccc(NC(=O)c4ccccc4)cc3)ncnc2cc1OCCCCl. The molecule has 0 atom stereocenters. The number of hydrogen-bond acceptors (Lipinski definition) is 6. The third-order valence-corrected chi connectivity index (χ3v) is 5.17. The lowest BCUT2D eigenvalue weighted by Crippen LogP contribution is -2.11. The molecule has 0 saturated carbocycles. The molecule has 3 aromatic carbocycles. The van der Waals surface area contributed by atoms with E-state index >= 15 is 0 Å². The Hall–Kier alpha value is -3.84. The number of amides is 1. The Morgan fingerprint density at radius 2 is 1.73 bits per heavy atom. The molecule has 0 unspecified atom stereocenters. The maximum atomic E-state index is 12.3. The highest BCUT2D eigenvalue weighted by atomic mass is 35.5. The van der Waals surface area contributed by atoms with Gasteiger partial charge in [-0.15, -0.1) is 11.6 Å². The van der Waals surface area contributed by atoms with E-state index in [2.05, 4.69) is 20.6 Å². The summed E-state index contributed by atoms with van der Waals surface area (Å²) in [6, 6.07) is 20.2. The molecule has 0 fully saturated rings. The summed E-state index contributed by atoms with van der Waals surface area (Å²) in [6.45, 7) is 0.495. The summed E-state index contributed by atoms with van der Waals surface area (Å²) in [7, 11) is 1.59. The molecule has 33 heavy (non-hydrogen) atoms. The van der Waals surface area contributed by atoms with E-state index in [1.54, 1.807) is 19.2 Å². The van der Waals surface area contributed by atoms with Crippen LogP contribution in [0.25, 0.3) is 10.9 Å². The van der Waals surface area contributed by atoms with Crippen LogP contribution in [0.15, 0.2) is 73.1 Å². The number of nitrogens with zero attached hydrogens (tertiary/aromatic N) is 2. The normalized spacial score (nSPS) is 10.6. The zero-order chi connectivity index (χ0) is 23.0. The molecule has 4 aromatic rings. The lowest BCUT2D eigenvalue weighted by molar-refractivity contribution is 0.102. The number of nitrogens with one attached hydrogen (secondary N) is 2. The third kappa shape index (κ3) is 5.51. The number of methoxy groups -OCH3 is 1. The van der Waals surface area contributed by atoms with Crippen molar-refractivity contribution in [3.05, 3.63) is 78.6 Å². The van der Waals surface area contributed by atoms with Crippen molar-refractivity contribution in [1.29, 1.82) is 0 Å². The molecule has 0 aliphatic heterocycles. The van der Waals surface area contributed by atoms with Crippen LogP contribution >= 0.6 is 11.6 Å². The van der Waals surface area contributed by atoms with Gasteiger partial charge < -0.3 is 20.1 Å². The minimum Gasteiger partial charge on any atom is -0.493 e. The number of benzene rings is 3. The highest BCUT2D eigenvalue weighted by Gasteiger charge is 2.12. The van der Waals surface area contributed by atoms with Crippen molar-refractivity contribution < 1.29 is 14.3 Å². The van der Waals surface area contributed by atoms with E-state index in [9.17, 15) is 4.79 Å². The second-order valence-electron chi connectivity index (χ2n) is 7.16. The standard InChI is InChI=1S/C25H23ClN4O3/c1-32-22-14-20-21(15-23(22)33-13-5-12-26)27-16-28-24(20)29-18-8-10-19(11-9-18)30-25(31)17-6-3-2-4-7-17/h2-4,6-11,14-16H,5,12-13H2,1H3,(H,30,31)(H,27,28,29). The molecule has 8 heteroatoms. The van der Waals surface area contributed by atoms with Gasteiger partial charge in [-0.3, -0.25) is 4.79 Å². The maximum absolute atomic E-state index is 12.3. The second-order valence-corrected chi connectivity index (χ2v) is 7.53. The molecule has 7 nitrogen and oxygen atoms in total. The van der Waals surface area contributed by atoms with Crippen LogP contribution < -0.4 is 20.1 Å². The van der Waals surface area contributed by atoms with Gasteiger partial charge in [-0.25, -0.2) is 9.97 Å². The Kier molecular flexibility index (Phi) is 7.22. The first-order valence-corrected chi connectivity index (χ1v) is 11.0. The molecule has 1 aromatic heterocycles. The summed E-state index contributed by atoms with van der Waals surface area (Å²) in [6.07, 6.45) is 2.23. The van der Waals surface area contributed by atoms with Crippen LogP contribution in [-0.4, -0.2) is 35.5 Å². The molecule has 0 radical (unpaired) electrons. The summed E-state index contributed by atoms with van der Waals surface area (Å²) >= 11 is 5.74. The van der Waals surface area contributed by atoms with Crippen molar-refractivity contribution in [1.82, 2.24) is 9.97 Å². The Morgan fingerprint density at radius 1 is 0.970 bits per heavy atom. The van der Waals surface area contributed by atoms with Crippen LogP contribution in [0.1, 0.15) is 16.8 Å². The summed E-state index contributed by atoms with van der Waals surface area (Å²) in [4.78, 5) is 21.1. The van der Waals surface area contributed by atoms with Crippen LogP contribution in [0.4, 0.5) is 17.2 Å². The van der Waals surface area contributed by atoms with E-state index in [0.29, 0.717) is 41.1 Å². The van der Waals surface area contributed by atoms with Gasteiger partial charge in [0.1, 0.15) is 12.1 Å². The maximum Gasteiger partial charge on any atom is 0.255 e. The number of anilines is 3. The quantitative estimate of drug-likeness (QED) is 0.247. The number of fused-ring (bicyclic) bond motifs is 1. The highest BCUT2D eigenvalue weighted by Crippen LogP contribution is 2.35. The number of carbonyl (C=O) groups is 1. The van der Waals surface area contributed by atoms with E-state index in [-0.39, 0.29) is 5.91 Å². The number of rotatable bonds is 9. The van der Waals surface area contributed by atoms with Crippen molar-refractivity contribution >= 4 is 45.6 Å². The predicted octanol–water partition coefficient (Wildman–Crippen LogP) is 5.64. The molecular weight excluding hydrogens is 440 g/mol. The number of alkyl halides is 1. The summed E-state index contributed by atoms with van der Waals surface area (Å²) in [5, 5.41) is 6.99. The first-order valence-electron chi connectivity index (χ1n) is 10.4.